The first-order valence-corrected chi connectivity index (χ1v) is 9.41. The molecule has 0 aliphatic carbocycles. The summed E-state index contributed by atoms with van der Waals surface area (Å²) in [5.74, 6) is 0.222. The Morgan fingerprint density at radius 1 is 1.27 bits per heavy atom. The van der Waals surface area contributed by atoms with Crippen LogP contribution >= 0.6 is 11.3 Å². The number of aryl methyl sites for hydroxylation is 2. The lowest BCUT2D eigenvalue weighted by Crippen LogP contribution is -2.47. The molecule has 2 atom stereocenters. The number of nitrogens with zero attached hydrogens (tertiary/aromatic N) is 3. The first-order chi connectivity index (χ1) is 10.6. The maximum atomic E-state index is 13.0. The molecule has 0 spiro atoms. The Labute approximate surface area is 137 Å². The van der Waals surface area contributed by atoms with Crippen LogP contribution in [0.5, 0.6) is 0 Å². The third kappa shape index (κ3) is 2.93. The van der Waals surface area contributed by atoms with Gasteiger partial charge in [0.25, 0.3) is 5.91 Å². The zero-order valence-corrected chi connectivity index (χ0v) is 14.8. The van der Waals surface area contributed by atoms with Gasteiger partial charge in [-0.3, -0.25) is 4.79 Å². The summed E-state index contributed by atoms with van der Waals surface area (Å²) in [5, 5.41) is 1.11. The van der Waals surface area contributed by atoms with E-state index in [4.69, 9.17) is 0 Å². The van der Waals surface area contributed by atoms with E-state index in [0.29, 0.717) is 12.1 Å². The normalized spacial score (nSPS) is 26.0. The third-order valence-electron chi connectivity index (χ3n) is 5.08. The van der Waals surface area contributed by atoms with Gasteiger partial charge in [0, 0.05) is 18.6 Å². The smallest absolute Gasteiger partial charge is 0.266 e. The summed E-state index contributed by atoms with van der Waals surface area (Å²) in [4.78, 5) is 23.1. The van der Waals surface area contributed by atoms with Gasteiger partial charge in [0.2, 0.25) is 0 Å². The van der Waals surface area contributed by atoms with Crippen molar-refractivity contribution in [3.63, 3.8) is 0 Å². The molecular formula is C17H27N3OS. The number of likely N-dealkylation sites (tertiary alicyclic amines) is 2. The van der Waals surface area contributed by atoms with E-state index in [1.807, 2.05) is 6.92 Å². The summed E-state index contributed by atoms with van der Waals surface area (Å²) in [7, 11) is 2.20. The zero-order valence-electron chi connectivity index (χ0n) is 14.0. The second-order valence-corrected chi connectivity index (χ2v) is 7.75. The molecule has 0 bridgehead atoms. The quantitative estimate of drug-likeness (QED) is 0.855. The van der Waals surface area contributed by atoms with Crippen molar-refractivity contribution in [2.45, 2.75) is 64.5 Å². The third-order valence-corrected chi connectivity index (χ3v) is 6.29. The average molecular weight is 321 g/mol. The van der Waals surface area contributed by atoms with Crippen molar-refractivity contribution < 1.29 is 4.79 Å². The van der Waals surface area contributed by atoms with Crippen molar-refractivity contribution in [2.75, 3.05) is 20.1 Å². The predicted molar refractivity (Wildman–Crippen MR) is 90.6 cm³/mol. The molecule has 122 valence electrons. The molecule has 4 nitrogen and oxygen atoms in total. The van der Waals surface area contributed by atoms with Crippen molar-refractivity contribution in [3.8, 4) is 0 Å². The van der Waals surface area contributed by atoms with E-state index in [-0.39, 0.29) is 5.91 Å². The number of carbonyl (C=O) groups is 1. The standard InChI is InChI=1S/C17H27N3OS/c1-4-7-15-18-12(2)16(22-15)17(21)20-11-6-9-14(20)13-8-5-10-19(13)3/h13-14H,4-11H2,1-3H3/t13-,14-/m1/s1. The van der Waals surface area contributed by atoms with Crippen LogP contribution in [-0.2, 0) is 6.42 Å². The molecule has 0 radical (unpaired) electrons. The van der Waals surface area contributed by atoms with Crippen LogP contribution in [0, 0.1) is 6.92 Å². The van der Waals surface area contributed by atoms with Gasteiger partial charge in [-0.2, -0.15) is 0 Å². The molecule has 2 saturated heterocycles. The van der Waals surface area contributed by atoms with Gasteiger partial charge in [-0.1, -0.05) is 6.92 Å². The minimum Gasteiger partial charge on any atom is -0.333 e. The maximum Gasteiger partial charge on any atom is 0.266 e. The highest BCUT2D eigenvalue weighted by Crippen LogP contribution is 2.31. The Morgan fingerprint density at radius 2 is 2.00 bits per heavy atom. The van der Waals surface area contributed by atoms with E-state index in [9.17, 15) is 4.79 Å². The van der Waals surface area contributed by atoms with Gasteiger partial charge in [-0.25, -0.2) is 4.98 Å². The number of likely N-dealkylation sites (N-methyl/N-ethyl adjacent to an activating group) is 1. The fourth-order valence-electron chi connectivity index (χ4n) is 3.97. The second kappa shape index (κ2) is 6.67. The van der Waals surface area contributed by atoms with E-state index < -0.39 is 0 Å². The number of hydrogen-bond acceptors (Lipinski definition) is 4. The van der Waals surface area contributed by atoms with Crippen LogP contribution in [0.3, 0.4) is 0 Å². The largest absolute Gasteiger partial charge is 0.333 e. The molecule has 3 rings (SSSR count). The van der Waals surface area contributed by atoms with Gasteiger partial charge in [0.1, 0.15) is 4.88 Å². The molecule has 3 heterocycles. The maximum absolute atomic E-state index is 13.0. The minimum absolute atomic E-state index is 0.222. The highest BCUT2D eigenvalue weighted by atomic mass is 32.1. The molecule has 0 aromatic carbocycles. The van der Waals surface area contributed by atoms with Crippen molar-refractivity contribution in [3.05, 3.63) is 15.6 Å². The molecule has 1 aromatic heterocycles. The fraction of sp³-hybridized carbons (Fsp3) is 0.765. The summed E-state index contributed by atoms with van der Waals surface area (Å²) in [6.07, 6.45) is 6.85. The number of carbonyl (C=O) groups excluding carboxylic acids is 1. The summed E-state index contributed by atoms with van der Waals surface area (Å²) in [5.41, 5.74) is 0.920. The number of rotatable bonds is 4. The Bertz CT molecular complexity index is 542. The number of aromatic nitrogens is 1. The number of thiazole rings is 1. The fourth-order valence-corrected chi connectivity index (χ4v) is 5.09. The van der Waals surface area contributed by atoms with Gasteiger partial charge in [-0.15, -0.1) is 11.3 Å². The topological polar surface area (TPSA) is 36.4 Å². The van der Waals surface area contributed by atoms with E-state index >= 15 is 0 Å². The summed E-state index contributed by atoms with van der Waals surface area (Å²) < 4.78 is 0. The van der Waals surface area contributed by atoms with Gasteiger partial charge in [-0.05, 0) is 59.0 Å². The first kappa shape index (κ1) is 15.9. The van der Waals surface area contributed by atoms with E-state index in [1.165, 1.54) is 19.4 Å². The van der Waals surface area contributed by atoms with E-state index in [1.54, 1.807) is 11.3 Å². The Balaban J connectivity index is 1.78. The van der Waals surface area contributed by atoms with Gasteiger partial charge < -0.3 is 9.80 Å². The van der Waals surface area contributed by atoms with Crippen LogP contribution < -0.4 is 0 Å². The molecule has 1 amide bonds. The summed E-state index contributed by atoms with van der Waals surface area (Å²) in [6.45, 7) is 6.22. The second-order valence-electron chi connectivity index (χ2n) is 6.67. The van der Waals surface area contributed by atoms with Gasteiger partial charge in [0.05, 0.1) is 10.7 Å². The van der Waals surface area contributed by atoms with E-state index in [0.717, 1.165) is 47.8 Å². The Hall–Kier alpha value is -0.940. The lowest BCUT2D eigenvalue weighted by Gasteiger charge is -2.33. The first-order valence-electron chi connectivity index (χ1n) is 8.59. The van der Waals surface area contributed by atoms with Crippen molar-refractivity contribution >= 4 is 17.2 Å². The van der Waals surface area contributed by atoms with Crippen LogP contribution in [0.4, 0.5) is 0 Å². The van der Waals surface area contributed by atoms with Crippen LogP contribution in [0.1, 0.15) is 59.4 Å². The molecular weight excluding hydrogens is 294 g/mol. The number of hydrogen-bond donors (Lipinski definition) is 0. The van der Waals surface area contributed by atoms with Crippen molar-refractivity contribution in [2.24, 2.45) is 0 Å². The molecule has 1 aromatic rings. The molecule has 5 heteroatoms. The molecule has 2 fully saturated rings. The lowest BCUT2D eigenvalue weighted by molar-refractivity contribution is 0.0668. The van der Waals surface area contributed by atoms with Gasteiger partial charge in [0.15, 0.2) is 0 Å². The van der Waals surface area contributed by atoms with Crippen LogP contribution in [-0.4, -0.2) is 52.9 Å². The molecule has 22 heavy (non-hydrogen) atoms. The molecule has 2 aliphatic heterocycles. The summed E-state index contributed by atoms with van der Waals surface area (Å²) >= 11 is 1.61. The molecule has 0 unspecified atom stereocenters. The van der Waals surface area contributed by atoms with Crippen LogP contribution in [0.2, 0.25) is 0 Å². The average Bonchev–Trinajstić information content (AvgIpc) is 3.18. The minimum atomic E-state index is 0.222. The zero-order chi connectivity index (χ0) is 15.7. The monoisotopic (exact) mass is 321 g/mol. The summed E-state index contributed by atoms with van der Waals surface area (Å²) in [6, 6.07) is 0.950. The molecule has 0 N–H and O–H groups in total. The van der Waals surface area contributed by atoms with Crippen LogP contribution in [0.15, 0.2) is 0 Å². The Morgan fingerprint density at radius 3 is 2.68 bits per heavy atom. The SMILES string of the molecule is CCCc1nc(C)c(C(=O)N2CCC[C@@H]2[C@H]2CCCN2C)s1. The number of amides is 1. The van der Waals surface area contributed by atoms with Crippen molar-refractivity contribution in [1.82, 2.24) is 14.8 Å². The molecule has 0 saturated carbocycles. The van der Waals surface area contributed by atoms with Crippen LogP contribution in [0.25, 0.3) is 0 Å². The lowest BCUT2D eigenvalue weighted by atomic mass is 10.0. The predicted octanol–water partition coefficient (Wildman–Crippen LogP) is 3.10. The highest BCUT2D eigenvalue weighted by Gasteiger charge is 2.39. The van der Waals surface area contributed by atoms with Crippen molar-refractivity contribution in [1.29, 1.82) is 0 Å². The van der Waals surface area contributed by atoms with E-state index in [2.05, 4.69) is 28.8 Å². The van der Waals surface area contributed by atoms with Gasteiger partial charge >= 0.3 is 0 Å². The Kier molecular flexibility index (Phi) is 4.83. The molecule has 2 aliphatic rings. The highest BCUT2D eigenvalue weighted by molar-refractivity contribution is 7.13.